The Morgan fingerprint density at radius 2 is 2.05 bits per heavy atom. The summed E-state index contributed by atoms with van der Waals surface area (Å²) in [5.41, 5.74) is 0. The van der Waals surface area contributed by atoms with E-state index in [1.807, 2.05) is 0 Å². The number of nitrogens with one attached hydrogen (secondary N) is 1. The van der Waals surface area contributed by atoms with E-state index in [0.717, 1.165) is 32.6 Å². The van der Waals surface area contributed by atoms with E-state index in [1.54, 1.807) is 15.8 Å². The van der Waals surface area contributed by atoms with Crippen LogP contribution in [0.3, 0.4) is 0 Å². The van der Waals surface area contributed by atoms with Crippen LogP contribution in [0.2, 0.25) is 0 Å². The molecule has 2 aliphatic rings. The molecule has 0 spiro atoms. The van der Waals surface area contributed by atoms with Gasteiger partial charge in [0.25, 0.3) is 10.0 Å². The highest BCUT2D eigenvalue weighted by Crippen LogP contribution is 2.34. The van der Waals surface area contributed by atoms with E-state index in [4.69, 9.17) is 4.74 Å². The molecule has 0 aliphatic carbocycles. The molecule has 3 heterocycles. The zero-order chi connectivity index (χ0) is 14.9. The second-order valence-electron chi connectivity index (χ2n) is 5.37. The molecule has 0 saturated carbocycles. The Balaban J connectivity index is 0.00000176. The molecule has 0 aromatic carbocycles. The second-order valence-corrected chi connectivity index (χ2v) is 8.42. The molecule has 0 amide bonds. The quantitative estimate of drug-likeness (QED) is 0.854. The standard InChI is InChI=1S/C13H21N3O3S2.ClH/c1-19-12-3-9-20-13(12)21(17,18)16-6-2-11(10-16)15-7-4-14-5-8-15;/h3,9,11,14H,2,4-8,10H2,1H3;1H. The summed E-state index contributed by atoms with van der Waals surface area (Å²) in [7, 11) is -1.92. The summed E-state index contributed by atoms with van der Waals surface area (Å²) in [5, 5.41) is 5.09. The van der Waals surface area contributed by atoms with Crippen LogP contribution in [0.15, 0.2) is 15.7 Å². The van der Waals surface area contributed by atoms with E-state index in [0.29, 0.717) is 29.1 Å². The van der Waals surface area contributed by atoms with Crippen LogP contribution in [0.5, 0.6) is 5.75 Å². The molecule has 0 radical (unpaired) electrons. The van der Waals surface area contributed by atoms with E-state index in [2.05, 4.69) is 10.2 Å². The smallest absolute Gasteiger partial charge is 0.256 e. The Morgan fingerprint density at radius 3 is 2.73 bits per heavy atom. The van der Waals surface area contributed by atoms with Crippen molar-refractivity contribution in [3.63, 3.8) is 0 Å². The summed E-state index contributed by atoms with van der Waals surface area (Å²) < 4.78 is 32.5. The Bertz CT molecular complexity index is 587. The molecule has 1 aromatic heterocycles. The van der Waals surface area contributed by atoms with Gasteiger partial charge in [-0.05, 0) is 17.9 Å². The van der Waals surface area contributed by atoms with Gasteiger partial charge in [-0.25, -0.2) is 8.42 Å². The minimum atomic E-state index is -3.43. The number of thiophene rings is 1. The van der Waals surface area contributed by atoms with Crippen molar-refractivity contribution >= 4 is 33.8 Å². The third kappa shape index (κ3) is 3.42. The van der Waals surface area contributed by atoms with Gasteiger partial charge >= 0.3 is 0 Å². The average Bonchev–Trinajstić information content (AvgIpc) is 3.17. The summed E-state index contributed by atoms with van der Waals surface area (Å²) >= 11 is 1.23. The van der Waals surface area contributed by atoms with Crippen LogP contribution in [-0.2, 0) is 10.0 Å². The average molecular weight is 368 g/mol. The second kappa shape index (κ2) is 7.46. The Labute approximate surface area is 141 Å². The lowest BCUT2D eigenvalue weighted by Crippen LogP contribution is -2.49. The van der Waals surface area contributed by atoms with Crippen molar-refractivity contribution < 1.29 is 13.2 Å². The molecule has 126 valence electrons. The first-order chi connectivity index (χ1) is 10.1. The summed E-state index contributed by atoms with van der Waals surface area (Å²) in [5.74, 6) is 0.450. The minimum Gasteiger partial charge on any atom is -0.494 e. The highest BCUT2D eigenvalue weighted by atomic mass is 35.5. The van der Waals surface area contributed by atoms with Crippen LogP contribution >= 0.6 is 23.7 Å². The molecule has 6 nitrogen and oxygen atoms in total. The van der Waals surface area contributed by atoms with Gasteiger partial charge in [-0.1, -0.05) is 0 Å². The number of piperazine rings is 1. The highest BCUT2D eigenvalue weighted by molar-refractivity contribution is 7.91. The number of hydrogen-bond acceptors (Lipinski definition) is 6. The van der Waals surface area contributed by atoms with Gasteiger partial charge in [0.1, 0.15) is 5.75 Å². The molecule has 1 N–H and O–H groups in total. The van der Waals surface area contributed by atoms with Crippen molar-refractivity contribution in [2.45, 2.75) is 16.7 Å². The number of hydrogen-bond donors (Lipinski definition) is 1. The maximum Gasteiger partial charge on any atom is 0.256 e. The predicted octanol–water partition coefficient (Wildman–Crippen LogP) is 0.847. The number of rotatable bonds is 4. The zero-order valence-electron chi connectivity index (χ0n) is 12.5. The van der Waals surface area contributed by atoms with E-state index in [-0.39, 0.29) is 12.4 Å². The van der Waals surface area contributed by atoms with Crippen molar-refractivity contribution in [1.82, 2.24) is 14.5 Å². The molecule has 3 rings (SSSR count). The van der Waals surface area contributed by atoms with Crippen molar-refractivity contribution in [2.75, 3.05) is 46.4 Å². The molecular weight excluding hydrogens is 346 g/mol. The van der Waals surface area contributed by atoms with Gasteiger partial charge in [0.2, 0.25) is 0 Å². The number of nitrogens with zero attached hydrogens (tertiary/aromatic N) is 2. The van der Waals surface area contributed by atoms with E-state index in [1.165, 1.54) is 18.4 Å². The monoisotopic (exact) mass is 367 g/mol. The topological polar surface area (TPSA) is 61.9 Å². The Hall–Kier alpha value is -0.380. The molecule has 1 atom stereocenters. The van der Waals surface area contributed by atoms with E-state index < -0.39 is 10.0 Å². The van der Waals surface area contributed by atoms with Gasteiger partial charge in [-0.3, -0.25) is 4.90 Å². The SMILES string of the molecule is COc1ccsc1S(=O)(=O)N1CCC(N2CCNCC2)C1.Cl. The highest BCUT2D eigenvalue weighted by Gasteiger charge is 2.37. The van der Waals surface area contributed by atoms with Gasteiger partial charge in [0.05, 0.1) is 7.11 Å². The maximum atomic E-state index is 12.7. The fraction of sp³-hybridized carbons (Fsp3) is 0.692. The predicted molar refractivity (Wildman–Crippen MR) is 89.7 cm³/mol. The van der Waals surface area contributed by atoms with Gasteiger partial charge in [0, 0.05) is 45.3 Å². The van der Waals surface area contributed by atoms with Crippen molar-refractivity contribution in [3.05, 3.63) is 11.4 Å². The lowest BCUT2D eigenvalue weighted by Gasteiger charge is -2.32. The first kappa shape index (κ1) is 18.0. The lowest BCUT2D eigenvalue weighted by atomic mass is 10.2. The fourth-order valence-electron chi connectivity index (χ4n) is 3.01. The van der Waals surface area contributed by atoms with Crippen LogP contribution in [0.1, 0.15) is 6.42 Å². The van der Waals surface area contributed by atoms with Gasteiger partial charge in [-0.2, -0.15) is 4.31 Å². The minimum absolute atomic E-state index is 0. The number of methoxy groups -OCH3 is 1. The lowest BCUT2D eigenvalue weighted by molar-refractivity contribution is 0.179. The third-order valence-electron chi connectivity index (χ3n) is 4.18. The summed E-state index contributed by atoms with van der Waals surface area (Å²) in [6.07, 6.45) is 0.910. The first-order valence-corrected chi connectivity index (χ1v) is 9.51. The molecule has 2 fully saturated rings. The Kier molecular flexibility index (Phi) is 6.09. The van der Waals surface area contributed by atoms with Gasteiger partial charge in [-0.15, -0.1) is 23.7 Å². The summed E-state index contributed by atoms with van der Waals surface area (Å²) in [6, 6.07) is 2.05. The zero-order valence-corrected chi connectivity index (χ0v) is 15.0. The van der Waals surface area contributed by atoms with Crippen LogP contribution in [0, 0.1) is 0 Å². The van der Waals surface area contributed by atoms with Gasteiger partial charge < -0.3 is 10.1 Å². The molecule has 2 saturated heterocycles. The van der Waals surface area contributed by atoms with Crippen LogP contribution in [0.25, 0.3) is 0 Å². The first-order valence-electron chi connectivity index (χ1n) is 7.19. The molecule has 2 aliphatic heterocycles. The van der Waals surface area contributed by atoms with Gasteiger partial charge in [0.15, 0.2) is 4.21 Å². The largest absolute Gasteiger partial charge is 0.494 e. The van der Waals surface area contributed by atoms with E-state index in [9.17, 15) is 8.42 Å². The van der Waals surface area contributed by atoms with Crippen LogP contribution in [0.4, 0.5) is 0 Å². The fourth-order valence-corrected chi connectivity index (χ4v) is 5.92. The molecule has 22 heavy (non-hydrogen) atoms. The van der Waals surface area contributed by atoms with Crippen LogP contribution in [-0.4, -0.2) is 70.0 Å². The number of ether oxygens (including phenoxy) is 1. The summed E-state index contributed by atoms with van der Waals surface area (Å²) in [6.45, 7) is 5.16. The van der Waals surface area contributed by atoms with Crippen molar-refractivity contribution in [2.24, 2.45) is 0 Å². The molecular formula is C13H22ClN3O3S2. The molecule has 1 unspecified atom stereocenters. The van der Waals surface area contributed by atoms with Crippen LogP contribution < -0.4 is 10.1 Å². The third-order valence-corrected chi connectivity index (χ3v) is 7.47. The van der Waals surface area contributed by atoms with E-state index >= 15 is 0 Å². The van der Waals surface area contributed by atoms with Crippen molar-refractivity contribution in [1.29, 1.82) is 0 Å². The summed E-state index contributed by atoms with van der Waals surface area (Å²) in [4.78, 5) is 2.40. The maximum absolute atomic E-state index is 12.7. The molecule has 0 bridgehead atoms. The molecule has 9 heteroatoms. The Morgan fingerprint density at radius 1 is 1.32 bits per heavy atom. The normalized spacial score (nSPS) is 24.1. The molecule has 1 aromatic rings. The van der Waals surface area contributed by atoms with Crippen molar-refractivity contribution in [3.8, 4) is 5.75 Å². The number of sulfonamides is 1. The number of halogens is 1.